The predicted octanol–water partition coefficient (Wildman–Crippen LogP) is 0.276. The minimum atomic E-state index is -0.0649. The lowest BCUT2D eigenvalue weighted by Gasteiger charge is -2.14. The number of amides is 1. The molecule has 0 aromatic carbocycles. The number of carbonyl (C=O) groups is 1. The highest BCUT2D eigenvalue weighted by Crippen LogP contribution is 2.15. The lowest BCUT2D eigenvalue weighted by Crippen LogP contribution is -2.26. The molecule has 0 atom stereocenters. The monoisotopic (exact) mass is 242 g/mol. The topological polar surface area (TPSA) is 85.1 Å². The summed E-state index contributed by atoms with van der Waals surface area (Å²) in [7, 11) is 0. The summed E-state index contributed by atoms with van der Waals surface area (Å²) in [5.74, 6) is 0.592. The van der Waals surface area contributed by atoms with Crippen LogP contribution in [0.5, 0.6) is 0 Å². The van der Waals surface area contributed by atoms with E-state index in [2.05, 4.69) is 25.6 Å². The SMILES string of the molecule is O=C1CCC(c2cccnc2-n2cncn2)=NN1. The standard InChI is InChI=1S/C11H10N6O/c18-10-4-3-9(15-16-10)8-2-1-5-13-11(8)17-7-12-6-14-17/h1-2,5-7H,3-4H2,(H,16,18). The van der Waals surface area contributed by atoms with Crippen molar-refractivity contribution in [2.75, 3.05) is 0 Å². The molecule has 0 aliphatic carbocycles. The van der Waals surface area contributed by atoms with Crippen LogP contribution in [-0.2, 0) is 4.79 Å². The van der Waals surface area contributed by atoms with Crippen LogP contribution in [0.2, 0.25) is 0 Å². The number of carbonyl (C=O) groups excluding carboxylic acids is 1. The van der Waals surface area contributed by atoms with Crippen molar-refractivity contribution in [1.29, 1.82) is 0 Å². The van der Waals surface area contributed by atoms with Crippen LogP contribution in [0.4, 0.5) is 0 Å². The van der Waals surface area contributed by atoms with Gasteiger partial charge >= 0.3 is 0 Å². The fraction of sp³-hybridized carbons (Fsp3) is 0.182. The normalized spacial score (nSPS) is 15.1. The Kier molecular flexibility index (Phi) is 2.56. The van der Waals surface area contributed by atoms with E-state index in [1.54, 1.807) is 17.2 Å². The first-order valence-electron chi connectivity index (χ1n) is 5.50. The van der Waals surface area contributed by atoms with Crippen LogP contribution >= 0.6 is 0 Å². The molecular formula is C11H10N6O. The number of hydrazone groups is 1. The van der Waals surface area contributed by atoms with Gasteiger partial charge in [0.05, 0.1) is 5.71 Å². The molecule has 18 heavy (non-hydrogen) atoms. The average molecular weight is 242 g/mol. The smallest absolute Gasteiger partial charge is 0.240 e. The van der Waals surface area contributed by atoms with Crippen molar-refractivity contribution >= 4 is 11.6 Å². The van der Waals surface area contributed by atoms with E-state index in [0.717, 1.165) is 11.3 Å². The Morgan fingerprint density at radius 1 is 1.33 bits per heavy atom. The summed E-state index contributed by atoms with van der Waals surface area (Å²) in [5, 5.41) is 8.12. The zero-order chi connectivity index (χ0) is 12.4. The van der Waals surface area contributed by atoms with Crippen LogP contribution in [0.15, 0.2) is 36.1 Å². The van der Waals surface area contributed by atoms with Crippen molar-refractivity contribution in [2.45, 2.75) is 12.8 Å². The van der Waals surface area contributed by atoms with Crippen LogP contribution in [0.25, 0.3) is 5.82 Å². The quantitative estimate of drug-likeness (QED) is 0.819. The van der Waals surface area contributed by atoms with Crippen LogP contribution in [0.3, 0.4) is 0 Å². The summed E-state index contributed by atoms with van der Waals surface area (Å²) in [6, 6.07) is 3.73. The van der Waals surface area contributed by atoms with Gasteiger partial charge < -0.3 is 0 Å². The Balaban J connectivity index is 2.05. The fourth-order valence-corrected chi connectivity index (χ4v) is 1.79. The van der Waals surface area contributed by atoms with Gasteiger partial charge in [-0.05, 0) is 12.1 Å². The Morgan fingerprint density at radius 3 is 3.00 bits per heavy atom. The number of hydrogen-bond acceptors (Lipinski definition) is 5. The molecule has 0 fully saturated rings. The molecule has 1 aliphatic heterocycles. The lowest BCUT2D eigenvalue weighted by atomic mass is 10.1. The number of aromatic nitrogens is 4. The molecule has 2 aromatic heterocycles. The maximum Gasteiger partial charge on any atom is 0.240 e. The van der Waals surface area contributed by atoms with Crippen LogP contribution < -0.4 is 5.43 Å². The summed E-state index contributed by atoms with van der Waals surface area (Å²) in [4.78, 5) is 19.3. The number of nitrogens with one attached hydrogen (secondary N) is 1. The summed E-state index contributed by atoms with van der Waals surface area (Å²) < 4.78 is 1.58. The van der Waals surface area contributed by atoms with E-state index in [4.69, 9.17) is 0 Å². The molecule has 0 radical (unpaired) electrons. The molecule has 0 bridgehead atoms. The minimum Gasteiger partial charge on any atom is -0.273 e. The van der Waals surface area contributed by atoms with E-state index in [0.29, 0.717) is 18.7 Å². The van der Waals surface area contributed by atoms with Gasteiger partial charge in [0.15, 0.2) is 5.82 Å². The van der Waals surface area contributed by atoms with Crippen LogP contribution in [-0.4, -0.2) is 31.4 Å². The summed E-state index contributed by atoms with van der Waals surface area (Å²) >= 11 is 0. The molecule has 3 rings (SSSR count). The van der Waals surface area contributed by atoms with Gasteiger partial charge in [0.1, 0.15) is 12.7 Å². The van der Waals surface area contributed by atoms with Gasteiger partial charge in [-0.3, -0.25) is 4.79 Å². The first kappa shape index (κ1) is 10.6. The van der Waals surface area contributed by atoms with Crippen molar-refractivity contribution < 1.29 is 4.79 Å². The Morgan fingerprint density at radius 2 is 2.28 bits per heavy atom. The molecule has 0 saturated carbocycles. The molecule has 7 nitrogen and oxygen atoms in total. The molecule has 0 spiro atoms. The Hall–Kier alpha value is -2.57. The molecule has 2 aromatic rings. The number of nitrogens with zero attached hydrogens (tertiary/aromatic N) is 5. The average Bonchev–Trinajstić information content (AvgIpc) is 2.93. The lowest BCUT2D eigenvalue weighted by molar-refractivity contribution is -0.121. The van der Waals surface area contributed by atoms with Gasteiger partial charge in [-0.25, -0.2) is 20.1 Å². The van der Waals surface area contributed by atoms with Crippen molar-refractivity contribution in [3.8, 4) is 5.82 Å². The summed E-state index contributed by atoms with van der Waals surface area (Å²) in [5.41, 5.74) is 4.13. The molecule has 7 heteroatoms. The number of rotatable bonds is 2. The third-order valence-electron chi connectivity index (χ3n) is 2.64. The van der Waals surface area contributed by atoms with Crippen molar-refractivity contribution in [3.05, 3.63) is 36.5 Å². The van der Waals surface area contributed by atoms with E-state index in [1.807, 2.05) is 12.1 Å². The van der Waals surface area contributed by atoms with E-state index in [9.17, 15) is 4.79 Å². The predicted molar refractivity (Wildman–Crippen MR) is 63.1 cm³/mol. The van der Waals surface area contributed by atoms with Crippen LogP contribution in [0.1, 0.15) is 18.4 Å². The molecule has 1 N–H and O–H groups in total. The van der Waals surface area contributed by atoms with E-state index in [-0.39, 0.29) is 5.91 Å². The number of hydrogen-bond donors (Lipinski definition) is 1. The van der Waals surface area contributed by atoms with Crippen molar-refractivity contribution in [1.82, 2.24) is 25.2 Å². The van der Waals surface area contributed by atoms with Gasteiger partial charge in [0, 0.05) is 24.6 Å². The zero-order valence-corrected chi connectivity index (χ0v) is 9.45. The maximum atomic E-state index is 11.1. The van der Waals surface area contributed by atoms with Gasteiger partial charge in [-0.1, -0.05) is 0 Å². The first-order chi connectivity index (χ1) is 8.84. The van der Waals surface area contributed by atoms with Gasteiger partial charge in [0.25, 0.3) is 0 Å². The van der Waals surface area contributed by atoms with E-state index in [1.165, 1.54) is 6.33 Å². The van der Waals surface area contributed by atoms with Crippen molar-refractivity contribution in [2.24, 2.45) is 5.10 Å². The largest absolute Gasteiger partial charge is 0.273 e. The molecular weight excluding hydrogens is 232 g/mol. The third-order valence-corrected chi connectivity index (χ3v) is 2.64. The molecule has 90 valence electrons. The highest BCUT2D eigenvalue weighted by Gasteiger charge is 2.17. The Labute approximate surface area is 103 Å². The fourth-order valence-electron chi connectivity index (χ4n) is 1.79. The highest BCUT2D eigenvalue weighted by molar-refractivity contribution is 6.06. The third kappa shape index (κ3) is 1.86. The van der Waals surface area contributed by atoms with E-state index >= 15 is 0 Å². The molecule has 0 saturated heterocycles. The molecule has 3 heterocycles. The maximum absolute atomic E-state index is 11.1. The second-order valence-electron chi connectivity index (χ2n) is 3.81. The first-order valence-corrected chi connectivity index (χ1v) is 5.50. The van der Waals surface area contributed by atoms with Gasteiger partial charge in [0.2, 0.25) is 5.91 Å². The minimum absolute atomic E-state index is 0.0649. The summed E-state index contributed by atoms with van der Waals surface area (Å²) in [6.07, 6.45) is 5.74. The van der Waals surface area contributed by atoms with Gasteiger partial charge in [-0.2, -0.15) is 10.2 Å². The summed E-state index contributed by atoms with van der Waals surface area (Å²) in [6.45, 7) is 0. The Bertz CT molecular complexity index is 604. The highest BCUT2D eigenvalue weighted by atomic mass is 16.2. The number of pyridine rings is 1. The van der Waals surface area contributed by atoms with Gasteiger partial charge in [-0.15, -0.1) is 0 Å². The second-order valence-corrected chi connectivity index (χ2v) is 3.81. The molecule has 0 unspecified atom stereocenters. The van der Waals surface area contributed by atoms with E-state index < -0.39 is 0 Å². The zero-order valence-electron chi connectivity index (χ0n) is 9.45. The molecule has 1 amide bonds. The molecule has 1 aliphatic rings. The van der Waals surface area contributed by atoms with Crippen LogP contribution in [0, 0.1) is 0 Å². The van der Waals surface area contributed by atoms with Crippen molar-refractivity contribution in [3.63, 3.8) is 0 Å². The second kappa shape index (κ2) is 4.36.